The SMILES string of the molecule is Brc1cc(Br)c(NC2=NC3(CCCCC3)CS2)c(Br)c1. The van der Waals surface area contributed by atoms with Crippen molar-refractivity contribution in [2.75, 3.05) is 11.1 Å². The molecule has 1 fully saturated rings. The summed E-state index contributed by atoms with van der Waals surface area (Å²) in [5.41, 5.74) is 1.26. The average Bonchev–Trinajstić information content (AvgIpc) is 2.77. The molecule has 108 valence electrons. The number of amidine groups is 1. The van der Waals surface area contributed by atoms with Gasteiger partial charge in [-0.05, 0) is 56.8 Å². The Bertz CT molecular complexity index is 530. The third kappa shape index (κ3) is 3.28. The number of nitrogens with zero attached hydrogens (tertiary/aromatic N) is 1. The van der Waals surface area contributed by atoms with Crippen molar-refractivity contribution in [3.8, 4) is 0 Å². The first kappa shape index (κ1) is 15.4. The van der Waals surface area contributed by atoms with Crippen LogP contribution in [0, 0.1) is 0 Å². The Kier molecular flexibility index (Phi) is 4.85. The molecule has 1 N–H and O–H groups in total. The van der Waals surface area contributed by atoms with E-state index in [-0.39, 0.29) is 5.54 Å². The minimum absolute atomic E-state index is 0.208. The monoisotopic (exact) mass is 480 g/mol. The van der Waals surface area contributed by atoms with Crippen LogP contribution >= 0.6 is 59.6 Å². The maximum absolute atomic E-state index is 4.99. The van der Waals surface area contributed by atoms with Crippen molar-refractivity contribution >= 4 is 70.4 Å². The second-order valence-corrected chi connectivity index (χ2v) is 8.95. The van der Waals surface area contributed by atoms with Gasteiger partial charge in [0.05, 0.1) is 11.2 Å². The summed E-state index contributed by atoms with van der Waals surface area (Å²) in [6, 6.07) is 4.09. The van der Waals surface area contributed by atoms with Crippen LogP contribution in [0.2, 0.25) is 0 Å². The summed E-state index contributed by atoms with van der Waals surface area (Å²) in [6.45, 7) is 0. The number of benzene rings is 1. The van der Waals surface area contributed by atoms with E-state index in [2.05, 4.69) is 53.1 Å². The lowest BCUT2D eigenvalue weighted by Crippen LogP contribution is -2.29. The Morgan fingerprint density at radius 1 is 1.05 bits per heavy atom. The molecule has 0 radical (unpaired) electrons. The summed E-state index contributed by atoms with van der Waals surface area (Å²) in [5.74, 6) is 1.13. The number of hydrogen-bond donors (Lipinski definition) is 1. The normalized spacial score (nSPS) is 21.1. The standard InChI is InChI=1S/C14H15Br3N2S/c15-9-6-10(16)12(11(17)7-9)18-13-19-14(8-20-13)4-2-1-3-5-14/h6-7H,1-5,8H2,(H,18,19). The molecule has 1 heterocycles. The highest BCUT2D eigenvalue weighted by atomic mass is 79.9. The van der Waals surface area contributed by atoms with Crippen molar-refractivity contribution in [1.29, 1.82) is 0 Å². The van der Waals surface area contributed by atoms with Gasteiger partial charge in [-0.1, -0.05) is 47.0 Å². The van der Waals surface area contributed by atoms with Crippen molar-refractivity contribution in [3.05, 3.63) is 25.6 Å². The van der Waals surface area contributed by atoms with Gasteiger partial charge >= 0.3 is 0 Å². The summed E-state index contributed by atoms with van der Waals surface area (Å²) in [5, 5.41) is 4.53. The van der Waals surface area contributed by atoms with Crippen LogP contribution in [0.3, 0.4) is 0 Å². The van der Waals surface area contributed by atoms with Crippen LogP contribution in [-0.4, -0.2) is 16.5 Å². The molecule has 1 saturated carbocycles. The van der Waals surface area contributed by atoms with E-state index in [1.807, 2.05) is 23.9 Å². The van der Waals surface area contributed by atoms with Crippen molar-refractivity contribution in [3.63, 3.8) is 0 Å². The number of halogens is 3. The molecule has 0 saturated heterocycles. The van der Waals surface area contributed by atoms with Gasteiger partial charge in [0.1, 0.15) is 0 Å². The van der Waals surface area contributed by atoms with Crippen molar-refractivity contribution in [2.24, 2.45) is 4.99 Å². The van der Waals surface area contributed by atoms with Gasteiger partial charge in [-0.2, -0.15) is 0 Å². The van der Waals surface area contributed by atoms with Crippen LogP contribution in [-0.2, 0) is 0 Å². The van der Waals surface area contributed by atoms with E-state index < -0.39 is 0 Å². The quantitative estimate of drug-likeness (QED) is 0.516. The van der Waals surface area contributed by atoms with E-state index in [4.69, 9.17) is 4.99 Å². The first-order valence-electron chi connectivity index (χ1n) is 6.72. The van der Waals surface area contributed by atoms with E-state index in [9.17, 15) is 0 Å². The lowest BCUT2D eigenvalue weighted by Gasteiger charge is -2.29. The Morgan fingerprint density at radius 3 is 2.35 bits per heavy atom. The molecule has 0 unspecified atom stereocenters. The maximum Gasteiger partial charge on any atom is 0.161 e. The smallest absolute Gasteiger partial charge is 0.161 e. The molecule has 0 bridgehead atoms. The largest absolute Gasteiger partial charge is 0.333 e. The van der Waals surface area contributed by atoms with Gasteiger partial charge in [0, 0.05) is 19.2 Å². The van der Waals surface area contributed by atoms with E-state index in [1.165, 1.54) is 32.1 Å². The zero-order chi connectivity index (χ0) is 14.2. The first-order chi connectivity index (χ1) is 9.58. The van der Waals surface area contributed by atoms with Gasteiger partial charge in [0.15, 0.2) is 5.17 Å². The van der Waals surface area contributed by atoms with Crippen molar-refractivity contribution < 1.29 is 0 Å². The van der Waals surface area contributed by atoms with Gasteiger partial charge in [0.25, 0.3) is 0 Å². The highest BCUT2D eigenvalue weighted by molar-refractivity contribution is 9.11. The van der Waals surface area contributed by atoms with Crippen LogP contribution in [0.5, 0.6) is 0 Å². The molecule has 6 heteroatoms. The first-order valence-corrected chi connectivity index (χ1v) is 10.1. The topological polar surface area (TPSA) is 24.4 Å². The number of aliphatic imine (C=N–C) groups is 1. The van der Waals surface area contributed by atoms with Crippen molar-refractivity contribution in [2.45, 2.75) is 37.6 Å². The lowest BCUT2D eigenvalue weighted by atomic mass is 9.84. The van der Waals surface area contributed by atoms with Gasteiger partial charge in [-0.15, -0.1) is 0 Å². The minimum Gasteiger partial charge on any atom is -0.333 e. The molecular formula is C14H15Br3N2S. The molecule has 1 aliphatic carbocycles. The molecule has 20 heavy (non-hydrogen) atoms. The van der Waals surface area contributed by atoms with Gasteiger partial charge in [0.2, 0.25) is 0 Å². The number of nitrogens with one attached hydrogen (secondary N) is 1. The highest BCUT2D eigenvalue weighted by Gasteiger charge is 2.36. The van der Waals surface area contributed by atoms with E-state index in [0.29, 0.717) is 0 Å². The molecular weight excluding hydrogens is 468 g/mol. The number of hydrogen-bond acceptors (Lipinski definition) is 3. The summed E-state index contributed by atoms with van der Waals surface area (Å²) in [4.78, 5) is 4.99. The Labute approximate surface area is 149 Å². The fourth-order valence-electron chi connectivity index (χ4n) is 2.78. The summed E-state index contributed by atoms with van der Waals surface area (Å²) >= 11 is 12.6. The van der Waals surface area contributed by atoms with Crippen LogP contribution in [0.4, 0.5) is 5.69 Å². The zero-order valence-electron chi connectivity index (χ0n) is 10.9. The van der Waals surface area contributed by atoms with Crippen LogP contribution in [0.1, 0.15) is 32.1 Å². The Morgan fingerprint density at radius 2 is 1.70 bits per heavy atom. The predicted octanol–water partition coefficient (Wildman–Crippen LogP) is 6.19. The third-order valence-corrected chi connectivity index (χ3v) is 6.70. The summed E-state index contributed by atoms with van der Waals surface area (Å²) in [6.07, 6.45) is 6.50. The summed E-state index contributed by atoms with van der Waals surface area (Å²) in [7, 11) is 0. The molecule has 0 atom stereocenters. The fraction of sp³-hybridized carbons (Fsp3) is 0.500. The molecule has 1 aromatic rings. The minimum atomic E-state index is 0.208. The lowest BCUT2D eigenvalue weighted by molar-refractivity contribution is 0.335. The fourth-order valence-corrected chi connectivity index (χ4v) is 6.43. The van der Waals surface area contributed by atoms with Gasteiger partial charge in [-0.25, -0.2) is 0 Å². The average molecular weight is 483 g/mol. The molecule has 1 spiro atoms. The van der Waals surface area contributed by atoms with Gasteiger partial charge < -0.3 is 5.32 Å². The third-order valence-electron chi connectivity index (χ3n) is 3.84. The predicted molar refractivity (Wildman–Crippen MR) is 98.9 cm³/mol. The van der Waals surface area contributed by atoms with Crippen LogP contribution < -0.4 is 5.32 Å². The number of rotatable bonds is 1. The molecule has 0 amide bonds. The molecule has 0 aromatic heterocycles. The van der Waals surface area contributed by atoms with Crippen molar-refractivity contribution in [1.82, 2.24) is 0 Å². The second-order valence-electron chi connectivity index (χ2n) is 5.36. The Hall–Kier alpha value is 0.480. The zero-order valence-corrected chi connectivity index (χ0v) is 16.5. The van der Waals surface area contributed by atoms with E-state index in [1.54, 1.807) is 0 Å². The number of anilines is 1. The molecule has 2 nitrogen and oxygen atoms in total. The van der Waals surface area contributed by atoms with E-state index in [0.717, 1.165) is 30.0 Å². The summed E-state index contributed by atoms with van der Waals surface area (Å²) < 4.78 is 3.12. The Balaban J connectivity index is 1.80. The molecule has 1 aromatic carbocycles. The molecule has 1 aliphatic heterocycles. The number of thioether (sulfide) groups is 1. The van der Waals surface area contributed by atoms with Crippen LogP contribution in [0.25, 0.3) is 0 Å². The maximum atomic E-state index is 4.99. The van der Waals surface area contributed by atoms with E-state index >= 15 is 0 Å². The van der Waals surface area contributed by atoms with Crippen LogP contribution in [0.15, 0.2) is 30.5 Å². The van der Waals surface area contributed by atoms with Gasteiger partial charge in [-0.3, -0.25) is 4.99 Å². The second kappa shape index (κ2) is 6.31. The molecule has 3 rings (SSSR count). The molecule has 2 aliphatic rings. The highest BCUT2D eigenvalue weighted by Crippen LogP contribution is 2.41.